The van der Waals surface area contributed by atoms with Gasteiger partial charge in [-0.3, -0.25) is 4.98 Å². The molecule has 2 unspecified atom stereocenters. The Bertz CT molecular complexity index is 2400. The van der Waals surface area contributed by atoms with E-state index in [2.05, 4.69) is 138 Å². The maximum absolute atomic E-state index is 5.61. The Morgan fingerprint density at radius 3 is 1.76 bits per heavy atom. The van der Waals surface area contributed by atoms with Crippen LogP contribution in [0.1, 0.15) is 97.9 Å². The number of nitrogens with one attached hydrogen (secondary N) is 2. The highest BCUT2D eigenvalue weighted by Gasteiger charge is 2.29. The summed E-state index contributed by atoms with van der Waals surface area (Å²) in [5, 5.41) is 0. The molecule has 2 N–H and O–H groups in total. The molecule has 2 atom stereocenters. The molecule has 0 amide bonds. The van der Waals surface area contributed by atoms with Gasteiger partial charge >= 0.3 is 0 Å². The zero-order chi connectivity index (χ0) is 36.6. The van der Waals surface area contributed by atoms with E-state index in [0.717, 1.165) is 131 Å². The summed E-state index contributed by atoms with van der Waals surface area (Å²) >= 11 is 0. The molecule has 0 radical (unpaired) electrons. The Morgan fingerprint density at radius 1 is 0.556 bits per heavy atom. The smallest absolute Gasteiger partial charge is 0.0752 e. The van der Waals surface area contributed by atoms with E-state index in [9.17, 15) is 0 Å². The zero-order valence-electron chi connectivity index (χ0n) is 31.9. The van der Waals surface area contributed by atoms with Crippen LogP contribution >= 0.6 is 0 Å². The lowest BCUT2D eigenvalue weighted by atomic mass is 9.88. The highest BCUT2D eigenvalue weighted by Crippen LogP contribution is 2.39. The number of nitrogens with zero attached hydrogens (tertiary/aromatic N) is 5. The average Bonchev–Trinajstić information content (AvgIpc) is 4.07. The summed E-state index contributed by atoms with van der Waals surface area (Å²) in [6.07, 6.45) is 14.5. The van der Waals surface area contributed by atoms with Gasteiger partial charge in [0.05, 0.1) is 34.0 Å². The Labute approximate surface area is 318 Å². The van der Waals surface area contributed by atoms with Crippen LogP contribution in [0.15, 0.2) is 72.8 Å². The Balaban J connectivity index is 1.40. The first-order valence-electron chi connectivity index (χ1n) is 20.2. The summed E-state index contributed by atoms with van der Waals surface area (Å²) in [6.45, 7) is 13.2. The minimum Gasteiger partial charge on any atom is -0.355 e. The van der Waals surface area contributed by atoms with Gasteiger partial charge in [0.1, 0.15) is 0 Å². The fourth-order valence-electron chi connectivity index (χ4n) is 9.26. The number of H-pyrrole nitrogens is 2. The van der Waals surface area contributed by atoms with E-state index < -0.39 is 0 Å². The molecule has 0 saturated carbocycles. The minimum atomic E-state index is 0.346. The van der Waals surface area contributed by atoms with Crippen LogP contribution in [0, 0.1) is 0 Å². The molecule has 5 aromatic rings. The number of fused-ring (bicyclic) bond motifs is 8. The van der Waals surface area contributed by atoms with Crippen LogP contribution in [-0.4, -0.2) is 74.0 Å². The van der Waals surface area contributed by atoms with Crippen LogP contribution in [0.5, 0.6) is 0 Å². The van der Waals surface area contributed by atoms with E-state index in [1.807, 2.05) is 0 Å². The monoisotopic (exact) mass is 713 g/mol. The molecule has 274 valence electrons. The number of aromatic nitrogens is 5. The second kappa shape index (κ2) is 15.0. The molecule has 2 saturated heterocycles. The fraction of sp³-hybridized carbons (Fsp3) is 0.340. The summed E-state index contributed by atoms with van der Waals surface area (Å²) in [4.78, 5) is 29.3. The molecule has 4 aromatic heterocycles. The van der Waals surface area contributed by atoms with Gasteiger partial charge in [-0.05, 0) is 125 Å². The van der Waals surface area contributed by atoms with Crippen molar-refractivity contribution in [3.05, 3.63) is 112 Å². The third-order valence-electron chi connectivity index (χ3n) is 12.0. The predicted molar refractivity (Wildman–Crippen MR) is 225 cm³/mol. The molecule has 8 heterocycles. The van der Waals surface area contributed by atoms with Gasteiger partial charge in [0, 0.05) is 69.4 Å². The molecular weight excluding hydrogens is 663 g/mol. The van der Waals surface area contributed by atoms with Crippen molar-refractivity contribution in [2.24, 2.45) is 0 Å². The Morgan fingerprint density at radius 2 is 1.11 bits per heavy atom. The van der Waals surface area contributed by atoms with Crippen molar-refractivity contribution in [2.75, 3.05) is 39.3 Å². The van der Waals surface area contributed by atoms with Gasteiger partial charge in [0.2, 0.25) is 0 Å². The van der Waals surface area contributed by atoms with E-state index in [0.29, 0.717) is 11.8 Å². The number of piperidine rings is 2. The third kappa shape index (κ3) is 6.54. The first-order valence-corrected chi connectivity index (χ1v) is 20.2. The summed E-state index contributed by atoms with van der Waals surface area (Å²) in [5.41, 5.74) is 16.3. The minimum absolute atomic E-state index is 0.346. The number of aryl methyl sites for hydroxylation is 1. The van der Waals surface area contributed by atoms with Crippen LogP contribution < -0.4 is 0 Å². The molecule has 0 aliphatic carbocycles. The van der Waals surface area contributed by atoms with Gasteiger partial charge in [-0.1, -0.05) is 57.2 Å². The molecule has 1 aromatic carbocycles. The van der Waals surface area contributed by atoms with Crippen molar-refractivity contribution >= 4 is 46.4 Å². The van der Waals surface area contributed by atoms with E-state index in [1.165, 1.54) is 24.0 Å². The van der Waals surface area contributed by atoms with Gasteiger partial charge in [0.25, 0.3) is 0 Å². The molecular formula is C47H51N7. The number of pyridine rings is 1. The van der Waals surface area contributed by atoms with Crippen molar-refractivity contribution in [3.8, 4) is 22.4 Å². The highest BCUT2D eigenvalue weighted by molar-refractivity contribution is 5.97. The van der Waals surface area contributed by atoms with Gasteiger partial charge in [-0.2, -0.15) is 0 Å². The van der Waals surface area contributed by atoms with Gasteiger partial charge in [-0.25, -0.2) is 9.97 Å². The van der Waals surface area contributed by atoms with E-state index in [1.54, 1.807) is 0 Å². The van der Waals surface area contributed by atoms with Crippen LogP contribution in [0.4, 0.5) is 0 Å². The van der Waals surface area contributed by atoms with Crippen molar-refractivity contribution in [1.82, 2.24) is 34.7 Å². The SMILES string of the molecule is CCc1cccc(-c2c3nc(c(C4CCCN(CC)C4)c4nc(c(C5CCCN(CC)C5)c5ccc([nH]5)c(-c5ccccc5)c5ccc2[nH]5)C=C4)C=C3)n1. The first kappa shape index (κ1) is 34.6. The van der Waals surface area contributed by atoms with Gasteiger partial charge < -0.3 is 19.8 Å². The molecule has 4 aliphatic rings. The van der Waals surface area contributed by atoms with E-state index >= 15 is 0 Å². The number of hydrogen-bond donors (Lipinski definition) is 2. The predicted octanol–water partition coefficient (Wildman–Crippen LogP) is 10.3. The zero-order valence-corrected chi connectivity index (χ0v) is 31.9. The second-order valence-electron chi connectivity index (χ2n) is 15.3. The van der Waals surface area contributed by atoms with Crippen LogP contribution in [0.3, 0.4) is 0 Å². The quantitative estimate of drug-likeness (QED) is 0.172. The van der Waals surface area contributed by atoms with Gasteiger partial charge in [0.15, 0.2) is 0 Å². The molecule has 9 rings (SSSR count). The topological polar surface area (TPSA) is 76.7 Å². The molecule has 4 aliphatic heterocycles. The molecule has 7 nitrogen and oxygen atoms in total. The molecule has 8 bridgehead atoms. The summed E-state index contributed by atoms with van der Waals surface area (Å²) in [5.74, 6) is 0.726. The lowest BCUT2D eigenvalue weighted by Gasteiger charge is -2.32. The Hall–Kier alpha value is -5.11. The Kier molecular flexibility index (Phi) is 9.60. The lowest BCUT2D eigenvalue weighted by Crippen LogP contribution is -2.34. The van der Waals surface area contributed by atoms with Crippen molar-refractivity contribution in [2.45, 2.75) is 64.7 Å². The van der Waals surface area contributed by atoms with Crippen LogP contribution in [-0.2, 0) is 6.42 Å². The molecule has 2 fully saturated rings. The maximum atomic E-state index is 5.61. The summed E-state index contributed by atoms with van der Waals surface area (Å²) in [6, 6.07) is 26.1. The van der Waals surface area contributed by atoms with Crippen molar-refractivity contribution < 1.29 is 0 Å². The number of aromatic amines is 2. The first-order chi connectivity index (χ1) is 26.6. The maximum Gasteiger partial charge on any atom is 0.0752 e. The standard InChI is InChI=1S/C47H51N7/c1-4-34-17-10-18-35(48-34)47-42-25-23-37(51-42)44(31-13-8-7-9-14-31)36-19-20-38(49-36)45(32-15-11-27-53(5-2)29-32)39-21-22-40(50-39)46(41-24-26-43(47)52-41)33-16-12-28-54(6-3)30-33/h7-10,13-14,17-26,32-33,49,51H,4-6,11-12,15-16,27-30H2,1-3H3. The van der Waals surface area contributed by atoms with Gasteiger partial charge in [-0.15, -0.1) is 0 Å². The summed E-state index contributed by atoms with van der Waals surface area (Å²) in [7, 11) is 0. The number of benzene rings is 1. The number of likely N-dealkylation sites (N-methyl/N-ethyl adjacent to an activating group) is 2. The number of hydrogen-bond acceptors (Lipinski definition) is 5. The van der Waals surface area contributed by atoms with Crippen LogP contribution in [0.25, 0.3) is 68.8 Å². The summed E-state index contributed by atoms with van der Waals surface area (Å²) < 4.78 is 0. The second-order valence-corrected chi connectivity index (χ2v) is 15.3. The molecule has 7 heteroatoms. The molecule has 54 heavy (non-hydrogen) atoms. The highest BCUT2D eigenvalue weighted by atomic mass is 15.1. The normalized spacial score (nSPS) is 19.1. The molecule has 0 spiro atoms. The fourth-order valence-corrected chi connectivity index (χ4v) is 9.26. The average molecular weight is 714 g/mol. The largest absolute Gasteiger partial charge is 0.355 e. The van der Waals surface area contributed by atoms with Crippen molar-refractivity contribution in [3.63, 3.8) is 0 Å². The van der Waals surface area contributed by atoms with E-state index in [-0.39, 0.29) is 0 Å². The van der Waals surface area contributed by atoms with Crippen molar-refractivity contribution in [1.29, 1.82) is 0 Å². The number of rotatable bonds is 7. The van der Waals surface area contributed by atoms with Crippen LogP contribution in [0.2, 0.25) is 0 Å². The lowest BCUT2D eigenvalue weighted by molar-refractivity contribution is 0.217. The number of likely N-dealkylation sites (tertiary alicyclic amines) is 2. The third-order valence-corrected chi connectivity index (χ3v) is 12.0. The van der Waals surface area contributed by atoms with E-state index in [4.69, 9.17) is 15.0 Å².